The normalized spacial score (nSPS) is 11.5. The maximum Gasteiger partial charge on any atom is 0.367 e. The molecule has 0 bridgehead atoms. The van der Waals surface area contributed by atoms with Crippen LogP contribution in [0.4, 0.5) is 14.5 Å². The number of rotatable bonds is 10. The predicted molar refractivity (Wildman–Crippen MR) is 143 cm³/mol. The van der Waals surface area contributed by atoms with Gasteiger partial charge in [0.1, 0.15) is 13.2 Å². The van der Waals surface area contributed by atoms with Crippen molar-refractivity contribution in [3.8, 4) is 0 Å². The SMILES string of the molecule is O=C(OCCOC(=O)c1cc(I)cc(I)c1I)c1ccc([N+](=O)[O-])cc1C(=O)OCC(F)(F)S(=O)(=O)[O-]. The van der Waals surface area contributed by atoms with E-state index in [1.807, 2.05) is 73.8 Å². The lowest BCUT2D eigenvalue weighted by Gasteiger charge is -2.19. The summed E-state index contributed by atoms with van der Waals surface area (Å²) < 4.78 is 74.6. The van der Waals surface area contributed by atoms with Crippen molar-refractivity contribution >= 4 is 101 Å². The molecular weight excluding hydrogens is 869 g/mol. The molecule has 18 heteroatoms. The zero-order chi connectivity index (χ0) is 28.1. The van der Waals surface area contributed by atoms with Crippen LogP contribution in [0, 0.1) is 20.8 Å². The molecule has 0 aromatic heterocycles. The Labute approximate surface area is 247 Å². The molecule has 2 aromatic carbocycles. The maximum absolute atomic E-state index is 13.3. The number of hydrogen-bond acceptors (Lipinski definition) is 11. The highest BCUT2D eigenvalue weighted by atomic mass is 127. The van der Waals surface area contributed by atoms with E-state index in [-0.39, 0.29) is 5.56 Å². The standard InChI is InChI=1S/C19H12F2I3NO11S/c20-19(21,37(31,32)33)8-36-17(27)12-7-10(25(29)30)1-2-11(12)16(26)34-3-4-35-18(28)13-5-9(22)6-14(23)15(13)24/h1-2,5-7H,3-4,8H2,(H,31,32,33)/p-1. The monoisotopic (exact) mass is 880 g/mol. The van der Waals surface area contributed by atoms with Crippen molar-refractivity contribution in [1.82, 2.24) is 0 Å². The van der Waals surface area contributed by atoms with Gasteiger partial charge in [-0.1, -0.05) is 0 Å². The molecule has 37 heavy (non-hydrogen) atoms. The van der Waals surface area contributed by atoms with Gasteiger partial charge in [0, 0.05) is 22.8 Å². The lowest BCUT2D eigenvalue weighted by atomic mass is 10.1. The van der Waals surface area contributed by atoms with Crippen LogP contribution >= 0.6 is 67.8 Å². The molecule has 0 heterocycles. The molecule has 0 amide bonds. The zero-order valence-corrected chi connectivity index (χ0v) is 25.0. The first-order valence-electron chi connectivity index (χ1n) is 9.32. The topological polar surface area (TPSA) is 179 Å². The maximum atomic E-state index is 13.3. The second-order valence-corrected chi connectivity index (χ2v) is 11.7. The van der Waals surface area contributed by atoms with Crippen LogP contribution in [0.2, 0.25) is 0 Å². The number of esters is 3. The highest BCUT2D eigenvalue weighted by Crippen LogP contribution is 2.25. The first-order valence-corrected chi connectivity index (χ1v) is 14.0. The Balaban J connectivity index is 2.12. The van der Waals surface area contributed by atoms with E-state index in [9.17, 15) is 46.2 Å². The highest BCUT2D eigenvalue weighted by molar-refractivity contribution is 14.1. The van der Waals surface area contributed by atoms with E-state index in [1.165, 1.54) is 0 Å². The zero-order valence-electron chi connectivity index (χ0n) is 17.7. The predicted octanol–water partition coefficient (Wildman–Crippen LogP) is 3.72. The second kappa shape index (κ2) is 12.8. The number of alkyl halides is 2. The van der Waals surface area contributed by atoms with Gasteiger partial charge in [-0.25, -0.2) is 22.8 Å². The first-order chi connectivity index (χ1) is 17.0. The van der Waals surface area contributed by atoms with Gasteiger partial charge in [0.2, 0.25) is 0 Å². The molecule has 2 rings (SSSR count). The lowest BCUT2D eigenvalue weighted by molar-refractivity contribution is -0.384. The summed E-state index contributed by atoms with van der Waals surface area (Å²) in [5, 5.41) is 6.02. The fourth-order valence-electron chi connectivity index (χ4n) is 2.42. The third kappa shape index (κ3) is 8.35. The van der Waals surface area contributed by atoms with E-state index >= 15 is 0 Å². The summed E-state index contributed by atoms with van der Waals surface area (Å²) in [5.41, 5.74) is -2.02. The summed E-state index contributed by atoms with van der Waals surface area (Å²) in [5.74, 6) is -3.72. The van der Waals surface area contributed by atoms with E-state index in [2.05, 4.69) is 4.74 Å². The summed E-state index contributed by atoms with van der Waals surface area (Å²) in [6.45, 7) is -3.12. The number of halogens is 5. The Morgan fingerprint density at radius 2 is 1.43 bits per heavy atom. The number of non-ortho nitro benzene ring substituents is 1. The highest BCUT2D eigenvalue weighted by Gasteiger charge is 2.40. The summed E-state index contributed by atoms with van der Waals surface area (Å²) in [4.78, 5) is 47.0. The third-order valence-electron chi connectivity index (χ3n) is 4.15. The Morgan fingerprint density at radius 3 is 1.97 bits per heavy atom. The van der Waals surface area contributed by atoms with E-state index in [1.54, 1.807) is 6.07 Å². The molecule has 0 N–H and O–H groups in total. The Bertz CT molecular complexity index is 1370. The molecule has 0 fully saturated rings. The van der Waals surface area contributed by atoms with Crippen LogP contribution in [0.15, 0.2) is 30.3 Å². The number of benzene rings is 2. The first kappa shape index (κ1) is 31.4. The van der Waals surface area contributed by atoms with Crippen LogP contribution < -0.4 is 0 Å². The van der Waals surface area contributed by atoms with Gasteiger partial charge in [0.25, 0.3) is 5.69 Å². The van der Waals surface area contributed by atoms with Gasteiger partial charge in [-0.05, 0) is 86.0 Å². The van der Waals surface area contributed by atoms with Crippen LogP contribution in [0.1, 0.15) is 31.1 Å². The van der Waals surface area contributed by atoms with Crippen molar-refractivity contribution in [2.24, 2.45) is 0 Å². The fourth-order valence-corrected chi connectivity index (χ4v) is 5.00. The number of nitro groups is 1. The Morgan fingerprint density at radius 1 is 0.892 bits per heavy atom. The van der Waals surface area contributed by atoms with Gasteiger partial charge in [0.15, 0.2) is 16.7 Å². The number of nitro benzene ring substituents is 1. The molecule has 12 nitrogen and oxygen atoms in total. The smallest absolute Gasteiger partial charge is 0.367 e. The molecular formula is C19H11F2I3NO11S-. The van der Waals surface area contributed by atoms with Crippen molar-refractivity contribution in [2.45, 2.75) is 5.25 Å². The van der Waals surface area contributed by atoms with E-state index < -0.39 is 74.8 Å². The van der Waals surface area contributed by atoms with E-state index in [0.717, 1.165) is 19.3 Å². The minimum Gasteiger partial charge on any atom is -0.743 e. The fraction of sp³-hybridized carbons (Fsp3) is 0.211. The van der Waals surface area contributed by atoms with E-state index in [0.29, 0.717) is 9.64 Å². The van der Waals surface area contributed by atoms with Gasteiger partial charge < -0.3 is 18.8 Å². The number of nitrogens with zero attached hydrogens (tertiary/aromatic N) is 1. The minimum absolute atomic E-state index is 0.278. The quantitative estimate of drug-likeness (QED) is 0.0497. The molecule has 200 valence electrons. The molecule has 0 radical (unpaired) electrons. The summed E-state index contributed by atoms with van der Waals surface area (Å²) >= 11 is 6.02. The number of ether oxygens (including phenoxy) is 3. The van der Waals surface area contributed by atoms with Crippen LogP contribution in [-0.2, 0) is 24.3 Å². The molecule has 0 aliphatic rings. The average Bonchev–Trinajstić information content (AvgIpc) is 2.81. The second-order valence-electron chi connectivity index (χ2n) is 6.68. The van der Waals surface area contributed by atoms with Gasteiger partial charge in [-0.15, -0.1) is 0 Å². The molecule has 0 spiro atoms. The molecule has 2 aromatic rings. The van der Waals surface area contributed by atoms with Crippen molar-refractivity contribution in [3.63, 3.8) is 0 Å². The largest absolute Gasteiger partial charge is 0.743 e. The Hall–Kier alpha value is -1.79. The summed E-state index contributed by atoms with van der Waals surface area (Å²) in [7, 11) is -6.18. The number of carbonyl (C=O) groups excluding carboxylic acids is 3. The van der Waals surface area contributed by atoms with Crippen molar-refractivity contribution in [2.75, 3.05) is 19.8 Å². The average molecular weight is 880 g/mol. The molecule has 0 unspecified atom stereocenters. The van der Waals surface area contributed by atoms with Crippen LogP contribution in [-0.4, -0.2) is 60.9 Å². The number of carbonyl (C=O) groups is 3. The summed E-state index contributed by atoms with van der Waals surface area (Å²) in [6, 6.07) is 5.54. The van der Waals surface area contributed by atoms with Gasteiger partial charge >= 0.3 is 23.2 Å². The molecule has 0 saturated carbocycles. The van der Waals surface area contributed by atoms with Gasteiger partial charge in [0.05, 0.1) is 21.6 Å². The Kier molecular flexibility index (Phi) is 10.9. The molecule has 0 aliphatic carbocycles. The van der Waals surface area contributed by atoms with Gasteiger partial charge in [-0.3, -0.25) is 10.1 Å². The number of hydrogen-bond donors (Lipinski definition) is 0. The van der Waals surface area contributed by atoms with Crippen LogP contribution in [0.25, 0.3) is 0 Å². The third-order valence-corrected chi connectivity index (χ3v) is 8.67. The molecule has 0 atom stereocenters. The lowest BCUT2D eigenvalue weighted by Crippen LogP contribution is -2.35. The van der Waals surface area contributed by atoms with Crippen LogP contribution in [0.3, 0.4) is 0 Å². The minimum atomic E-state index is -6.18. The van der Waals surface area contributed by atoms with Crippen LogP contribution in [0.5, 0.6) is 0 Å². The molecule has 0 aliphatic heterocycles. The summed E-state index contributed by atoms with van der Waals surface area (Å²) in [6.07, 6.45) is 0. The van der Waals surface area contributed by atoms with Crippen molar-refractivity contribution < 1.29 is 55.3 Å². The molecule has 0 saturated heterocycles. The van der Waals surface area contributed by atoms with Crippen molar-refractivity contribution in [3.05, 3.63) is 67.8 Å². The van der Waals surface area contributed by atoms with Gasteiger partial charge in [-0.2, -0.15) is 8.78 Å². The van der Waals surface area contributed by atoms with Crippen molar-refractivity contribution in [1.29, 1.82) is 0 Å². The van der Waals surface area contributed by atoms with E-state index in [4.69, 9.17) is 9.47 Å².